The van der Waals surface area contributed by atoms with Gasteiger partial charge in [-0.3, -0.25) is 0 Å². The van der Waals surface area contributed by atoms with Gasteiger partial charge in [0.15, 0.2) is 5.82 Å². The van der Waals surface area contributed by atoms with Crippen LogP contribution in [-0.4, -0.2) is 22.5 Å². The van der Waals surface area contributed by atoms with Crippen LogP contribution in [0.5, 0.6) is 0 Å². The smallest absolute Gasteiger partial charge is 0.341 e. The van der Waals surface area contributed by atoms with E-state index in [0.717, 1.165) is 5.56 Å². The number of hydrogen-bond donors (Lipinski definition) is 0. The lowest BCUT2D eigenvalue weighted by molar-refractivity contribution is 0.0524. The molecule has 1 aromatic heterocycles. The van der Waals surface area contributed by atoms with Crippen molar-refractivity contribution in [1.29, 1.82) is 0 Å². The summed E-state index contributed by atoms with van der Waals surface area (Å²) >= 11 is 11.9. The van der Waals surface area contributed by atoms with Gasteiger partial charge in [0, 0.05) is 11.8 Å². The molecule has 1 aromatic carbocycles. The van der Waals surface area contributed by atoms with Crippen molar-refractivity contribution in [2.24, 2.45) is 0 Å². The van der Waals surface area contributed by atoms with Crippen LogP contribution in [0.4, 0.5) is 0 Å². The molecule has 0 aliphatic carbocycles. The number of ether oxygens (including phenoxy) is 1. The molecule has 6 heteroatoms. The third kappa shape index (κ3) is 3.52. The molecule has 0 atom stereocenters. The number of aromatic nitrogens is 2. The Kier molecular flexibility index (Phi) is 5.15. The van der Waals surface area contributed by atoms with Gasteiger partial charge in [-0.15, -0.1) is 0 Å². The molecular formula is C15H14Cl2N2O2. The topological polar surface area (TPSA) is 52.1 Å². The van der Waals surface area contributed by atoms with Gasteiger partial charge in [-0.1, -0.05) is 30.1 Å². The predicted octanol–water partition coefficient (Wildman–Crippen LogP) is 4.19. The summed E-state index contributed by atoms with van der Waals surface area (Å²) < 4.78 is 4.99. The van der Waals surface area contributed by atoms with E-state index in [4.69, 9.17) is 27.9 Å². The second kappa shape index (κ2) is 6.87. The SMILES string of the molecule is CCOC(=O)c1cnc(-c2ccc(Cl)c(Cl)c2)nc1CC. The second-order valence-corrected chi connectivity index (χ2v) is 5.07. The minimum absolute atomic E-state index is 0.316. The van der Waals surface area contributed by atoms with Gasteiger partial charge in [-0.05, 0) is 31.5 Å². The Balaban J connectivity index is 2.42. The Hall–Kier alpha value is -1.65. The minimum atomic E-state index is -0.407. The zero-order valence-electron chi connectivity index (χ0n) is 11.7. The van der Waals surface area contributed by atoms with Crippen LogP contribution in [-0.2, 0) is 11.2 Å². The average Bonchev–Trinajstić information content (AvgIpc) is 2.49. The Labute approximate surface area is 133 Å². The maximum atomic E-state index is 11.8. The lowest BCUT2D eigenvalue weighted by Gasteiger charge is -2.08. The molecule has 0 fully saturated rings. The number of hydrogen-bond acceptors (Lipinski definition) is 4. The van der Waals surface area contributed by atoms with Crippen LogP contribution in [0.25, 0.3) is 11.4 Å². The van der Waals surface area contributed by atoms with Gasteiger partial charge < -0.3 is 4.74 Å². The number of carbonyl (C=O) groups is 1. The van der Waals surface area contributed by atoms with Crippen molar-refractivity contribution in [3.63, 3.8) is 0 Å². The van der Waals surface area contributed by atoms with Crippen LogP contribution >= 0.6 is 23.2 Å². The highest BCUT2D eigenvalue weighted by molar-refractivity contribution is 6.42. The van der Waals surface area contributed by atoms with Crippen LogP contribution in [0.15, 0.2) is 24.4 Å². The highest BCUT2D eigenvalue weighted by Crippen LogP contribution is 2.27. The summed E-state index contributed by atoms with van der Waals surface area (Å²) in [6, 6.07) is 5.17. The van der Waals surface area contributed by atoms with E-state index in [2.05, 4.69) is 9.97 Å². The predicted molar refractivity (Wildman–Crippen MR) is 82.8 cm³/mol. The highest BCUT2D eigenvalue weighted by Gasteiger charge is 2.15. The summed E-state index contributed by atoms with van der Waals surface area (Å²) in [7, 11) is 0. The molecule has 110 valence electrons. The van der Waals surface area contributed by atoms with Crippen molar-refractivity contribution in [3.05, 3.63) is 45.7 Å². The quantitative estimate of drug-likeness (QED) is 0.791. The normalized spacial score (nSPS) is 10.5. The molecule has 4 nitrogen and oxygen atoms in total. The molecule has 21 heavy (non-hydrogen) atoms. The van der Waals surface area contributed by atoms with E-state index >= 15 is 0 Å². The first-order chi connectivity index (χ1) is 10.1. The number of carbonyl (C=O) groups excluding carboxylic acids is 1. The Morgan fingerprint density at radius 1 is 1.24 bits per heavy atom. The van der Waals surface area contributed by atoms with Gasteiger partial charge in [-0.25, -0.2) is 14.8 Å². The molecule has 2 aromatic rings. The van der Waals surface area contributed by atoms with Crippen molar-refractivity contribution in [1.82, 2.24) is 9.97 Å². The molecule has 2 rings (SSSR count). The Morgan fingerprint density at radius 2 is 2.00 bits per heavy atom. The van der Waals surface area contributed by atoms with Crippen LogP contribution in [0, 0.1) is 0 Å². The molecule has 0 saturated heterocycles. The minimum Gasteiger partial charge on any atom is -0.462 e. The van der Waals surface area contributed by atoms with E-state index in [0.29, 0.717) is 40.2 Å². The first-order valence-corrected chi connectivity index (χ1v) is 7.30. The zero-order chi connectivity index (χ0) is 15.4. The first-order valence-electron chi connectivity index (χ1n) is 6.55. The maximum absolute atomic E-state index is 11.8. The summed E-state index contributed by atoms with van der Waals surface area (Å²) in [5.41, 5.74) is 1.78. The van der Waals surface area contributed by atoms with E-state index in [1.54, 1.807) is 25.1 Å². The van der Waals surface area contributed by atoms with Gasteiger partial charge >= 0.3 is 5.97 Å². The molecular weight excluding hydrogens is 311 g/mol. The molecule has 0 radical (unpaired) electrons. The molecule has 0 bridgehead atoms. The summed E-state index contributed by atoms with van der Waals surface area (Å²) in [6.07, 6.45) is 2.09. The van der Waals surface area contributed by atoms with E-state index in [-0.39, 0.29) is 0 Å². The van der Waals surface area contributed by atoms with E-state index in [1.807, 2.05) is 6.92 Å². The molecule has 1 heterocycles. The van der Waals surface area contributed by atoms with Gasteiger partial charge in [0.1, 0.15) is 0 Å². The standard InChI is InChI=1S/C15H14Cl2N2O2/c1-3-13-10(15(20)21-4-2)8-18-14(19-13)9-5-6-11(16)12(17)7-9/h5-8H,3-4H2,1-2H3. The van der Waals surface area contributed by atoms with Crippen LogP contribution in [0.2, 0.25) is 10.0 Å². The maximum Gasteiger partial charge on any atom is 0.341 e. The average molecular weight is 325 g/mol. The number of benzene rings is 1. The molecule has 0 spiro atoms. The van der Waals surface area contributed by atoms with Crippen molar-refractivity contribution >= 4 is 29.2 Å². The Morgan fingerprint density at radius 3 is 2.62 bits per heavy atom. The first kappa shape index (κ1) is 15.7. The van der Waals surface area contributed by atoms with Gasteiger partial charge in [0.05, 0.1) is 27.9 Å². The number of nitrogens with zero attached hydrogens (tertiary/aromatic N) is 2. The fraction of sp³-hybridized carbons (Fsp3) is 0.267. The third-order valence-corrected chi connectivity index (χ3v) is 3.61. The van der Waals surface area contributed by atoms with Gasteiger partial charge in [-0.2, -0.15) is 0 Å². The van der Waals surface area contributed by atoms with E-state index in [9.17, 15) is 4.79 Å². The van der Waals surface area contributed by atoms with E-state index in [1.165, 1.54) is 6.20 Å². The van der Waals surface area contributed by atoms with Crippen molar-refractivity contribution in [2.75, 3.05) is 6.61 Å². The summed E-state index contributed by atoms with van der Waals surface area (Å²) in [6.45, 7) is 3.99. The largest absolute Gasteiger partial charge is 0.462 e. The number of esters is 1. The fourth-order valence-electron chi connectivity index (χ4n) is 1.84. The van der Waals surface area contributed by atoms with Crippen molar-refractivity contribution in [2.45, 2.75) is 20.3 Å². The molecule has 0 amide bonds. The van der Waals surface area contributed by atoms with Crippen LogP contribution in [0.3, 0.4) is 0 Å². The lowest BCUT2D eigenvalue weighted by Crippen LogP contribution is -2.11. The molecule has 0 saturated carbocycles. The fourth-order valence-corrected chi connectivity index (χ4v) is 2.14. The van der Waals surface area contributed by atoms with Crippen LogP contribution < -0.4 is 0 Å². The van der Waals surface area contributed by atoms with Crippen molar-refractivity contribution < 1.29 is 9.53 Å². The molecule has 0 unspecified atom stereocenters. The number of rotatable bonds is 4. The Bertz CT molecular complexity index is 675. The summed E-state index contributed by atoms with van der Waals surface area (Å²) in [4.78, 5) is 20.5. The van der Waals surface area contributed by atoms with Gasteiger partial charge in [0.2, 0.25) is 0 Å². The lowest BCUT2D eigenvalue weighted by atomic mass is 10.1. The molecule has 0 aliphatic rings. The number of aryl methyl sites for hydroxylation is 1. The zero-order valence-corrected chi connectivity index (χ0v) is 13.2. The van der Waals surface area contributed by atoms with Crippen LogP contribution in [0.1, 0.15) is 29.9 Å². The highest BCUT2D eigenvalue weighted by atomic mass is 35.5. The monoisotopic (exact) mass is 324 g/mol. The molecule has 0 aliphatic heterocycles. The number of halogens is 2. The van der Waals surface area contributed by atoms with Gasteiger partial charge in [0.25, 0.3) is 0 Å². The van der Waals surface area contributed by atoms with E-state index < -0.39 is 5.97 Å². The van der Waals surface area contributed by atoms with Crippen molar-refractivity contribution in [3.8, 4) is 11.4 Å². The molecule has 0 N–H and O–H groups in total. The second-order valence-electron chi connectivity index (χ2n) is 4.26. The summed E-state index contributed by atoms with van der Waals surface area (Å²) in [5, 5.41) is 0.907. The third-order valence-electron chi connectivity index (χ3n) is 2.88. The summed E-state index contributed by atoms with van der Waals surface area (Å²) in [5.74, 6) is 0.0912.